The third-order valence-corrected chi connectivity index (χ3v) is 8.15. The predicted octanol–water partition coefficient (Wildman–Crippen LogP) is 6.58. The highest BCUT2D eigenvalue weighted by Crippen LogP contribution is 2.30. The second-order valence-corrected chi connectivity index (χ2v) is 10.9. The first kappa shape index (κ1) is 28.0. The van der Waals surface area contributed by atoms with Gasteiger partial charge in [-0.1, -0.05) is 42.5 Å². The van der Waals surface area contributed by atoms with Crippen LogP contribution in [0, 0.1) is 26.6 Å². The summed E-state index contributed by atoms with van der Waals surface area (Å²) in [6.07, 6.45) is 2.58. The van der Waals surface area contributed by atoms with Crippen LogP contribution in [0.2, 0.25) is 0 Å². The van der Waals surface area contributed by atoms with Crippen LogP contribution in [0.5, 0.6) is 0 Å². The molecule has 1 aliphatic heterocycles. The van der Waals surface area contributed by atoms with Crippen LogP contribution in [0.25, 0.3) is 22.0 Å². The number of carbonyl (C=O) groups is 2. The lowest BCUT2D eigenvalue weighted by Crippen LogP contribution is -2.49. The van der Waals surface area contributed by atoms with Crippen molar-refractivity contribution in [3.63, 3.8) is 0 Å². The third-order valence-electron chi connectivity index (χ3n) is 8.15. The molecule has 0 saturated carbocycles. The number of piperazine rings is 1. The summed E-state index contributed by atoms with van der Waals surface area (Å²) in [5.41, 5.74) is 7.26. The average molecular weight is 574 g/mol. The molecular weight excluding hydrogens is 541 g/mol. The van der Waals surface area contributed by atoms with E-state index in [9.17, 15) is 9.59 Å². The topological polar surface area (TPSA) is 78.4 Å². The maximum absolute atomic E-state index is 15.2. The summed E-state index contributed by atoms with van der Waals surface area (Å²) >= 11 is 0. The first-order valence-electron chi connectivity index (χ1n) is 14.3. The van der Waals surface area contributed by atoms with Gasteiger partial charge in [-0.25, -0.2) is 4.39 Å². The molecule has 3 aromatic carbocycles. The molecule has 8 heteroatoms. The quantitative estimate of drug-likeness (QED) is 0.257. The molecular formula is C35H32FN5O2. The maximum atomic E-state index is 15.2. The van der Waals surface area contributed by atoms with Crippen LogP contribution >= 0.6 is 0 Å². The Bertz CT molecular complexity index is 1850. The molecule has 0 bridgehead atoms. The fraction of sp³-hybridized carbons (Fsp3) is 0.200. The van der Waals surface area contributed by atoms with Crippen molar-refractivity contribution >= 4 is 34.1 Å². The smallest absolute Gasteiger partial charge is 0.257 e. The zero-order valence-electron chi connectivity index (χ0n) is 24.4. The Labute approximate surface area is 250 Å². The molecule has 5 aromatic rings. The number of carbonyl (C=O) groups excluding carboxylic acids is 2. The molecule has 7 nitrogen and oxygen atoms in total. The lowest BCUT2D eigenvalue weighted by Gasteiger charge is -2.37. The summed E-state index contributed by atoms with van der Waals surface area (Å²) < 4.78 is 15.2. The number of nitrogens with one attached hydrogen (secondary N) is 1. The monoisotopic (exact) mass is 573 g/mol. The van der Waals surface area contributed by atoms with Crippen molar-refractivity contribution in [3.8, 4) is 11.1 Å². The summed E-state index contributed by atoms with van der Waals surface area (Å²) in [5.74, 6) is -1.29. The van der Waals surface area contributed by atoms with Gasteiger partial charge in [-0.3, -0.25) is 19.6 Å². The van der Waals surface area contributed by atoms with E-state index < -0.39 is 5.82 Å². The maximum Gasteiger partial charge on any atom is 0.257 e. The van der Waals surface area contributed by atoms with Gasteiger partial charge in [-0.2, -0.15) is 0 Å². The number of benzene rings is 3. The van der Waals surface area contributed by atoms with Crippen molar-refractivity contribution in [3.05, 3.63) is 119 Å². The predicted molar refractivity (Wildman–Crippen MR) is 168 cm³/mol. The molecule has 0 aliphatic carbocycles. The Morgan fingerprint density at radius 3 is 2.37 bits per heavy atom. The molecule has 2 aromatic heterocycles. The van der Waals surface area contributed by atoms with Gasteiger partial charge in [0.15, 0.2) is 5.82 Å². The molecule has 0 radical (unpaired) electrons. The summed E-state index contributed by atoms with van der Waals surface area (Å²) in [7, 11) is 0. The number of nitrogens with zero attached hydrogens (tertiary/aromatic N) is 4. The molecule has 43 heavy (non-hydrogen) atoms. The fourth-order valence-electron chi connectivity index (χ4n) is 5.61. The largest absolute Gasteiger partial charge is 0.367 e. The zero-order valence-corrected chi connectivity index (χ0v) is 24.4. The number of fused-ring (bicyclic) bond motifs is 1. The molecule has 2 amide bonds. The number of hydrogen-bond acceptors (Lipinski definition) is 5. The van der Waals surface area contributed by atoms with Crippen molar-refractivity contribution < 1.29 is 14.0 Å². The van der Waals surface area contributed by atoms with E-state index in [1.165, 1.54) is 6.20 Å². The summed E-state index contributed by atoms with van der Waals surface area (Å²) in [6, 6.07) is 22.7. The van der Waals surface area contributed by atoms with E-state index >= 15 is 4.39 Å². The number of halogens is 1. The van der Waals surface area contributed by atoms with Gasteiger partial charge in [-0.15, -0.1) is 0 Å². The molecule has 1 fully saturated rings. The number of amides is 2. The van der Waals surface area contributed by atoms with Gasteiger partial charge in [0.2, 0.25) is 0 Å². The van der Waals surface area contributed by atoms with E-state index in [1.54, 1.807) is 29.2 Å². The van der Waals surface area contributed by atoms with E-state index in [0.717, 1.165) is 45.3 Å². The number of para-hydroxylation sites is 1. The molecule has 3 heterocycles. The Balaban J connectivity index is 1.20. The van der Waals surface area contributed by atoms with Gasteiger partial charge in [-0.05, 0) is 67.8 Å². The number of pyridine rings is 2. The summed E-state index contributed by atoms with van der Waals surface area (Å²) in [5, 5.41) is 4.03. The van der Waals surface area contributed by atoms with Crippen molar-refractivity contribution in [1.82, 2.24) is 14.9 Å². The van der Waals surface area contributed by atoms with Crippen molar-refractivity contribution in [2.75, 3.05) is 36.4 Å². The van der Waals surface area contributed by atoms with Crippen LogP contribution in [0.4, 0.5) is 15.8 Å². The Hall–Kier alpha value is -5.11. The standard InChI is InChI=1S/C35H32FN5O2/c1-22-7-6-10-30(24(22)3)39-34(42)26-13-11-25(12-14-26)28-20-37-21-29(36)33(28)35(43)41-17-15-40(16-18-41)32-19-23(2)38-31-9-5-4-8-27(31)32/h4-14,19-21H,15-18H2,1-3H3,(H,39,42). The Morgan fingerprint density at radius 2 is 1.60 bits per heavy atom. The van der Waals surface area contributed by atoms with E-state index in [1.807, 2.05) is 57.2 Å². The molecule has 1 aliphatic rings. The van der Waals surface area contributed by atoms with Crippen LogP contribution in [0.1, 0.15) is 37.5 Å². The lowest BCUT2D eigenvalue weighted by atomic mass is 9.99. The number of aryl methyl sites for hydroxylation is 2. The SMILES string of the molecule is Cc1cc(N2CCN(C(=O)c3c(F)cncc3-c3ccc(C(=O)Nc4cccc(C)c4C)cc3)CC2)c2ccccc2n1. The highest BCUT2D eigenvalue weighted by molar-refractivity contribution is 6.05. The second-order valence-electron chi connectivity index (χ2n) is 10.9. The van der Waals surface area contributed by atoms with Crippen LogP contribution in [0.3, 0.4) is 0 Å². The zero-order chi connectivity index (χ0) is 30.1. The van der Waals surface area contributed by atoms with Crippen molar-refractivity contribution in [2.45, 2.75) is 20.8 Å². The second kappa shape index (κ2) is 11.6. The minimum Gasteiger partial charge on any atom is -0.367 e. The number of anilines is 2. The van der Waals surface area contributed by atoms with Gasteiger partial charge in [0.1, 0.15) is 0 Å². The lowest BCUT2D eigenvalue weighted by molar-refractivity contribution is 0.0742. The van der Waals surface area contributed by atoms with E-state index in [-0.39, 0.29) is 17.4 Å². The minimum atomic E-state index is -0.669. The highest BCUT2D eigenvalue weighted by atomic mass is 19.1. The third kappa shape index (κ3) is 5.56. The molecule has 0 atom stereocenters. The van der Waals surface area contributed by atoms with E-state index in [2.05, 4.69) is 32.3 Å². The van der Waals surface area contributed by atoms with Gasteiger partial charge < -0.3 is 15.1 Å². The minimum absolute atomic E-state index is 0.0127. The van der Waals surface area contributed by atoms with Crippen LogP contribution in [-0.4, -0.2) is 52.9 Å². The number of hydrogen-bond donors (Lipinski definition) is 1. The number of rotatable bonds is 5. The van der Waals surface area contributed by atoms with Crippen LogP contribution < -0.4 is 10.2 Å². The Kier molecular flexibility index (Phi) is 7.59. The van der Waals surface area contributed by atoms with Crippen molar-refractivity contribution in [2.24, 2.45) is 0 Å². The average Bonchev–Trinajstić information content (AvgIpc) is 3.02. The molecule has 216 valence electrons. The highest BCUT2D eigenvalue weighted by Gasteiger charge is 2.28. The summed E-state index contributed by atoms with van der Waals surface area (Å²) in [4.78, 5) is 39.3. The Morgan fingerprint density at radius 1 is 0.860 bits per heavy atom. The molecule has 0 unspecified atom stereocenters. The first-order valence-corrected chi connectivity index (χ1v) is 14.3. The van der Waals surface area contributed by atoms with Crippen LogP contribution in [0.15, 0.2) is 85.2 Å². The molecule has 6 rings (SSSR count). The van der Waals surface area contributed by atoms with E-state index in [4.69, 9.17) is 0 Å². The summed E-state index contributed by atoms with van der Waals surface area (Å²) in [6.45, 7) is 8.07. The van der Waals surface area contributed by atoms with Gasteiger partial charge >= 0.3 is 0 Å². The molecule has 0 spiro atoms. The van der Waals surface area contributed by atoms with E-state index in [0.29, 0.717) is 42.9 Å². The van der Waals surface area contributed by atoms with Gasteiger partial charge in [0.25, 0.3) is 11.8 Å². The normalized spacial score (nSPS) is 13.3. The van der Waals surface area contributed by atoms with Gasteiger partial charge in [0, 0.05) is 66.0 Å². The first-order chi connectivity index (χ1) is 20.8. The van der Waals surface area contributed by atoms with Crippen LogP contribution in [-0.2, 0) is 0 Å². The van der Waals surface area contributed by atoms with Gasteiger partial charge in [0.05, 0.1) is 17.3 Å². The fourth-order valence-corrected chi connectivity index (χ4v) is 5.61. The molecule has 1 N–H and O–H groups in total. The van der Waals surface area contributed by atoms with Crippen molar-refractivity contribution in [1.29, 1.82) is 0 Å². The molecule has 1 saturated heterocycles. The number of aromatic nitrogens is 2.